The Morgan fingerprint density at radius 3 is 2.29 bits per heavy atom. The molecule has 1 saturated heterocycles. The maximum absolute atomic E-state index is 14.1. The quantitative estimate of drug-likeness (QED) is 0.374. The maximum atomic E-state index is 14.1. The molecule has 3 aliphatic rings. The number of ketones is 1. The van der Waals surface area contributed by atoms with E-state index >= 15 is 0 Å². The Bertz CT molecular complexity index is 1210. The minimum atomic E-state index is -5.17. The van der Waals surface area contributed by atoms with E-state index in [1.54, 1.807) is 0 Å². The van der Waals surface area contributed by atoms with Gasteiger partial charge in [0.2, 0.25) is 5.91 Å². The normalized spacial score (nSPS) is 24.5. The highest BCUT2D eigenvalue weighted by molar-refractivity contribution is 6.02. The second kappa shape index (κ2) is 11.3. The zero-order valence-corrected chi connectivity index (χ0v) is 22.4. The van der Waals surface area contributed by atoms with Crippen LogP contribution in [0.1, 0.15) is 67.4 Å². The molecule has 3 atom stereocenters. The fraction of sp³-hybridized carbons (Fsp3) is 0.630. The van der Waals surface area contributed by atoms with Crippen LogP contribution in [-0.2, 0) is 36.6 Å². The van der Waals surface area contributed by atoms with E-state index in [0.29, 0.717) is 0 Å². The molecule has 226 valence electrons. The molecule has 2 amide bonds. The van der Waals surface area contributed by atoms with Crippen molar-refractivity contribution in [3.05, 3.63) is 34.9 Å². The molecular formula is C27H30F6N2O6. The second-order valence-electron chi connectivity index (χ2n) is 10.8. The molecule has 41 heavy (non-hydrogen) atoms. The van der Waals surface area contributed by atoms with Crippen molar-refractivity contribution in [2.24, 2.45) is 5.41 Å². The Hall–Kier alpha value is -3.16. The summed E-state index contributed by atoms with van der Waals surface area (Å²) in [5, 5.41) is 0. The molecule has 2 heterocycles. The molecule has 14 heteroatoms. The first-order valence-electron chi connectivity index (χ1n) is 13.2. The number of halogens is 6. The Morgan fingerprint density at radius 2 is 1.71 bits per heavy atom. The van der Waals surface area contributed by atoms with Gasteiger partial charge in [0.05, 0.1) is 17.5 Å². The number of amides is 2. The lowest BCUT2D eigenvalue weighted by Crippen LogP contribution is -2.55. The largest absolute Gasteiger partial charge is 0.471 e. The number of Topliss-reactive ketones (excluding diaryl/α,β-unsaturated/α-hetero) is 1. The van der Waals surface area contributed by atoms with Gasteiger partial charge in [-0.05, 0) is 56.7 Å². The van der Waals surface area contributed by atoms with E-state index in [2.05, 4.69) is 0 Å². The maximum Gasteiger partial charge on any atom is 0.471 e. The average Bonchev–Trinajstić information content (AvgIpc) is 3.33. The van der Waals surface area contributed by atoms with Gasteiger partial charge in [-0.1, -0.05) is 6.07 Å². The highest BCUT2D eigenvalue weighted by atomic mass is 19.4. The minimum Gasteiger partial charge on any atom is -0.462 e. The van der Waals surface area contributed by atoms with Gasteiger partial charge in [0.25, 0.3) is 0 Å². The van der Waals surface area contributed by atoms with Crippen molar-refractivity contribution in [2.45, 2.75) is 83.0 Å². The van der Waals surface area contributed by atoms with Crippen LogP contribution in [0.5, 0.6) is 0 Å². The van der Waals surface area contributed by atoms with E-state index in [1.165, 1.54) is 6.92 Å². The van der Waals surface area contributed by atoms with Gasteiger partial charge in [-0.3, -0.25) is 19.2 Å². The summed E-state index contributed by atoms with van der Waals surface area (Å²) in [6.45, 7) is 2.00. The second-order valence-corrected chi connectivity index (χ2v) is 10.8. The van der Waals surface area contributed by atoms with Crippen molar-refractivity contribution in [1.82, 2.24) is 9.80 Å². The number of carbonyl (C=O) groups is 4. The van der Waals surface area contributed by atoms with Gasteiger partial charge in [-0.25, -0.2) is 0 Å². The molecule has 1 unspecified atom stereocenters. The fourth-order valence-corrected chi connectivity index (χ4v) is 6.28. The molecule has 8 nitrogen and oxygen atoms in total. The van der Waals surface area contributed by atoms with Crippen molar-refractivity contribution in [1.29, 1.82) is 0 Å². The molecule has 1 aromatic rings. The SMILES string of the molecule is CC(=O)O[C@@H](C)[C@]1(C(=O)N2CC(=O)c3ccc(C(F)(F)F)cc3C2)CCC(N(C(=O)C(F)(F)F)C2CCOCC2)C1. The molecule has 0 bridgehead atoms. The molecule has 2 aliphatic heterocycles. The summed E-state index contributed by atoms with van der Waals surface area (Å²) >= 11 is 0. The van der Waals surface area contributed by atoms with E-state index in [4.69, 9.17) is 9.47 Å². The lowest BCUT2D eigenvalue weighted by molar-refractivity contribution is -0.192. The van der Waals surface area contributed by atoms with Crippen molar-refractivity contribution < 1.29 is 55.0 Å². The number of hydrogen-bond acceptors (Lipinski definition) is 6. The number of alkyl halides is 6. The van der Waals surface area contributed by atoms with Crippen LogP contribution in [0, 0.1) is 5.41 Å². The van der Waals surface area contributed by atoms with Gasteiger partial charge in [-0.2, -0.15) is 26.3 Å². The molecule has 4 rings (SSSR count). The molecule has 2 fully saturated rings. The molecule has 1 saturated carbocycles. The van der Waals surface area contributed by atoms with Crippen LogP contribution in [0.15, 0.2) is 18.2 Å². The summed E-state index contributed by atoms with van der Waals surface area (Å²) in [7, 11) is 0. The summed E-state index contributed by atoms with van der Waals surface area (Å²) in [5.41, 5.74) is -2.61. The molecule has 1 aliphatic carbocycles. The Kier molecular flexibility index (Phi) is 8.45. The van der Waals surface area contributed by atoms with Crippen molar-refractivity contribution >= 4 is 23.6 Å². The first kappa shape index (κ1) is 30.8. The molecular weight excluding hydrogens is 562 g/mol. The first-order valence-corrected chi connectivity index (χ1v) is 13.2. The molecule has 0 aromatic heterocycles. The zero-order valence-electron chi connectivity index (χ0n) is 22.4. The van der Waals surface area contributed by atoms with Gasteiger partial charge < -0.3 is 19.3 Å². The topological polar surface area (TPSA) is 93.2 Å². The van der Waals surface area contributed by atoms with E-state index in [0.717, 1.165) is 34.9 Å². The summed E-state index contributed by atoms with van der Waals surface area (Å²) in [5.74, 6) is -4.14. The Balaban J connectivity index is 1.68. The third-order valence-corrected chi connectivity index (χ3v) is 8.24. The number of carbonyl (C=O) groups excluding carboxylic acids is 4. The predicted octanol–water partition coefficient (Wildman–Crippen LogP) is 4.29. The summed E-state index contributed by atoms with van der Waals surface area (Å²) in [4.78, 5) is 53.3. The van der Waals surface area contributed by atoms with Gasteiger partial charge in [0.1, 0.15) is 6.10 Å². The number of hydrogen-bond donors (Lipinski definition) is 0. The first-order chi connectivity index (χ1) is 19.0. The van der Waals surface area contributed by atoms with Crippen LogP contribution >= 0.6 is 0 Å². The number of rotatable bonds is 5. The van der Waals surface area contributed by atoms with Crippen molar-refractivity contribution in [3.8, 4) is 0 Å². The van der Waals surface area contributed by atoms with E-state index in [1.807, 2.05) is 0 Å². The number of fused-ring (bicyclic) bond motifs is 1. The van der Waals surface area contributed by atoms with Crippen molar-refractivity contribution in [3.63, 3.8) is 0 Å². The average molecular weight is 593 g/mol. The fourth-order valence-electron chi connectivity index (χ4n) is 6.28. The smallest absolute Gasteiger partial charge is 0.462 e. The summed E-state index contributed by atoms with van der Waals surface area (Å²) in [6, 6.07) is 0.796. The van der Waals surface area contributed by atoms with Crippen LogP contribution < -0.4 is 0 Å². The highest BCUT2D eigenvalue weighted by Gasteiger charge is 2.57. The lowest BCUT2D eigenvalue weighted by Gasteiger charge is -2.42. The van der Waals surface area contributed by atoms with Gasteiger partial charge in [0.15, 0.2) is 5.78 Å². The van der Waals surface area contributed by atoms with Crippen LogP contribution in [-0.4, -0.2) is 77.5 Å². The Labute approximate surface area is 231 Å². The lowest BCUT2D eigenvalue weighted by atomic mass is 9.78. The zero-order chi connectivity index (χ0) is 30.3. The highest BCUT2D eigenvalue weighted by Crippen LogP contribution is 2.48. The number of esters is 1. The standard InChI is InChI=1S/C27H30F6N2O6/c1-15(41-16(2)36)25(8-5-20(12-25)35(24(39)27(31,32)33)19-6-9-40-10-7-19)23(38)34-13-17-11-18(26(28,29)30)3-4-21(17)22(37)14-34/h3-4,11,15,19-20H,5-10,12-14H2,1-2H3/t15-,20?,25-/m0/s1. The monoisotopic (exact) mass is 592 g/mol. The van der Waals surface area contributed by atoms with Crippen LogP contribution in [0.25, 0.3) is 0 Å². The predicted molar refractivity (Wildman–Crippen MR) is 129 cm³/mol. The van der Waals surface area contributed by atoms with Crippen LogP contribution in [0.4, 0.5) is 26.3 Å². The number of nitrogens with zero attached hydrogens (tertiary/aromatic N) is 2. The van der Waals surface area contributed by atoms with Gasteiger partial charge >= 0.3 is 24.2 Å². The van der Waals surface area contributed by atoms with E-state index in [9.17, 15) is 45.5 Å². The number of benzene rings is 1. The van der Waals surface area contributed by atoms with Gasteiger partial charge in [-0.15, -0.1) is 0 Å². The van der Waals surface area contributed by atoms with Crippen molar-refractivity contribution in [2.75, 3.05) is 19.8 Å². The summed E-state index contributed by atoms with van der Waals surface area (Å²) in [6.07, 6.45) is -11.1. The molecule has 0 radical (unpaired) electrons. The third kappa shape index (κ3) is 6.21. The van der Waals surface area contributed by atoms with Gasteiger partial charge in [0, 0.05) is 44.3 Å². The van der Waals surface area contributed by atoms with E-state index in [-0.39, 0.29) is 63.0 Å². The third-order valence-electron chi connectivity index (χ3n) is 8.24. The number of ether oxygens (including phenoxy) is 2. The molecule has 0 N–H and O–H groups in total. The Morgan fingerprint density at radius 1 is 1.05 bits per heavy atom. The molecule has 1 aromatic carbocycles. The summed E-state index contributed by atoms with van der Waals surface area (Å²) < 4.78 is 91.7. The van der Waals surface area contributed by atoms with Crippen LogP contribution in [0.2, 0.25) is 0 Å². The van der Waals surface area contributed by atoms with E-state index < -0.39 is 71.6 Å². The van der Waals surface area contributed by atoms with Crippen LogP contribution in [0.3, 0.4) is 0 Å². The molecule has 0 spiro atoms. The minimum absolute atomic E-state index is 0.0207.